The highest BCUT2D eigenvalue weighted by atomic mass is 79.9. The third-order valence-electron chi connectivity index (χ3n) is 1.29. The van der Waals surface area contributed by atoms with Gasteiger partial charge in [0.15, 0.2) is 0 Å². The average Bonchev–Trinajstić information content (AvgIpc) is 1.95. The van der Waals surface area contributed by atoms with Crippen molar-refractivity contribution < 1.29 is 0 Å². The van der Waals surface area contributed by atoms with Crippen LogP contribution in [0.1, 0.15) is 5.56 Å². The number of benzene rings is 1. The van der Waals surface area contributed by atoms with Crippen molar-refractivity contribution in [1.29, 1.82) is 0 Å². The standard InChI is InChI=1S/C9H9Br/c1-2-3-8-4-6-9(10)7-5-8/h2,4-7H,1,3H2. The first kappa shape index (κ1) is 7.67. The van der Waals surface area contributed by atoms with E-state index >= 15 is 0 Å². The summed E-state index contributed by atoms with van der Waals surface area (Å²) >= 11 is 3.37. The smallest absolute Gasteiger partial charge is 0.0820 e. The van der Waals surface area contributed by atoms with Crippen LogP contribution in [0.2, 0.25) is 0 Å². The third-order valence-corrected chi connectivity index (χ3v) is 1.82. The first-order valence-corrected chi connectivity index (χ1v) is 3.97. The summed E-state index contributed by atoms with van der Waals surface area (Å²) in [7, 11) is 0. The van der Waals surface area contributed by atoms with Crippen LogP contribution in [-0.2, 0) is 6.42 Å². The second kappa shape index (κ2) is 3.67. The zero-order chi connectivity index (χ0) is 7.40. The van der Waals surface area contributed by atoms with Gasteiger partial charge in [0.2, 0.25) is 0 Å². The van der Waals surface area contributed by atoms with Gasteiger partial charge in [0.25, 0.3) is 0 Å². The van der Waals surface area contributed by atoms with Crippen LogP contribution in [0, 0.1) is 13.3 Å². The molecule has 0 saturated heterocycles. The summed E-state index contributed by atoms with van der Waals surface area (Å²) in [6.45, 7) is 3.67. The van der Waals surface area contributed by atoms with E-state index in [1.807, 2.05) is 18.6 Å². The number of hydrogen-bond donors (Lipinski definition) is 0. The molecule has 0 spiro atoms. The number of hydrogen-bond acceptors (Lipinski definition) is 0. The van der Waals surface area contributed by atoms with Gasteiger partial charge in [0.05, 0.1) is 6.42 Å². The Balaban J connectivity index is 2.69. The Morgan fingerprint density at radius 2 is 1.90 bits per heavy atom. The first-order valence-electron chi connectivity index (χ1n) is 3.18. The molecular weight excluding hydrogens is 188 g/mol. The summed E-state index contributed by atoms with van der Waals surface area (Å²) in [5.41, 5.74) is 1.30. The van der Waals surface area contributed by atoms with Gasteiger partial charge in [-0.25, -0.2) is 0 Å². The molecule has 1 aromatic rings. The highest BCUT2D eigenvalue weighted by Crippen LogP contribution is 2.10. The summed E-state index contributed by atoms with van der Waals surface area (Å²) < 4.78 is 1.13. The van der Waals surface area contributed by atoms with E-state index in [-0.39, 0.29) is 0 Å². The average molecular weight is 197 g/mol. The summed E-state index contributed by atoms with van der Waals surface area (Å²) in [6.07, 6.45) is 2.86. The first-order chi connectivity index (χ1) is 4.83. The highest BCUT2D eigenvalue weighted by Gasteiger charge is 1.91. The third kappa shape index (κ3) is 2.07. The molecule has 0 amide bonds. The molecule has 0 heterocycles. The Labute approximate surface area is 70.4 Å². The molecule has 1 rings (SSSR count). The Bertz CT molecular complexity index is 188. The van der Waals surface area contributed by atoms with E-state index in [4.69, 9.17) is 0 Å². The fourth-order valence-electron chi connectivity index (χ4n) is 0.787. The monoisotopic (exact) mass is 196 g/mol. The predicted molar refractivity (Wildman–Crippen MR) is 47.5 cm³/mol. The van der Waals surface area contributed by atoms with Crippen molar-refractivity contribution >= 4 is 15.9 Å². The van der Waals surface area contributed by atoms with Crippen molar-refractivity contribution in [3.05, 3.63) is 47.6 Å². The minimum atomic E-state index is 0.952. The number of halogens is 1. The molecule has 0 aliphatic heterocycles. The van der Waals surface area contributed by atoms with Crippen LogP contribution in [-0.4, -0.2) is 0 Å². The Morgan fingerprint density at radius 1 is 1.30 bits per heavy atom. The van der Waals surface area contributed by atoms with Gasteiger partial charge in [0.1, 0.15) is 0 Å². The van der Waals surface area contributed by atoms with Gasteiger partial charge in [-0.2, -0.15) is 0 Å². The minimum Gasteiger partial charge on any atom is -0.149 e. The molecule has 0 radical (unpaired) electrons. The molecule has 0 N–H and O–H groups in total. The van der Waals surface area contributed by atoms with E-state index < -0.39 is 0 Å². The second-order valence-corrected chi connectivity index (χ2v) is 3.03. The molecule has 0 bridgehead atoms. The molecule has 0 aliphatic carbocycles. The van der Waals surface area contributed by atoms with Crippen LogP contribution >= 0.6 is 15.9 Å². The fourth-order valence-corrected chi connectivity index (χ4v) is 1.05. The van der Waals surface area contributed by atoms with Crippen molar-refractivity contribution in [2.75, 3.05) is 0 Å². The minimum absolute atomic E-state index is 0.952. The molecule has 0 aromatic heterocycles. The van der Waals surface area contributed by atoms with Crippen molar-refractivity contribution in [3.63, 3.8) is 0 Å². The molecular formula is C9H9Br. The molecule has 1 heteroatoms. The SMILES string of the molecule is [CH2-][CH+]Cc1ccc(Br)cc1. The highest BCUT2D eigenvalue weighted by molar-refractivity contribution is 9.10. The normalized spacial score (nSPS) is 9.40. The van der Waals surface area contributed by atoms with Crippen LogP contribution in [0.3, 0.4) is 0 Å². The molecule has 0 unspecified atom stereocenters. The van der Waals surface area contributed by atoms with Crippen LogP contribution < -0.4 is 0 Å². The number of rotatable bonds is 2. The Kier molecular flexibility index (Phi) is 2.82. The van der Waals surface area contributed by atoms with E-state index in [9.17, 15) is 0 Å². The molecule has 0 aliphatic rings. The molecule has 0 saturated carbocycles. The van der Waals surface area contributed by atoms with E-state index in [1.165, 1.54) is 5.56 Å². The molecule has 0 fully saturated rings. The fraction of sp³-hybridized carbons (Fsp3) is 0.111. The summed E-state index contributed by atoms with van der Waals surface area (Å²) in [4.78, 5) is 0. The largest absolute Gasteiger partial charge is 0.149 e. The van der Waals surface area contributed by atoms with Gasteiger partial charge in [-0.3, -0.25) is 0 Å². The van der Waals surface area contributed by atoms with Gasteiger partial charge < -0.3 is 0 Å². The topological polar surface area (TPSA) is 0 Å². The van der Waals surface area contributed by atoms with E-state index in [2.05, 4.69) is 35.0 Å². The zero-order valence-corrected chi connectivity index (χ0v) is 7.26. The van der Waals surface area contributed by atoms with E-state index in [0.717, 1.165) is 10.9 Å². The molecule has 52 valence electrons. The molecule has 0 nitrogen and oxygen atoms in total. The van der Waals surface area contributed by atoms with Gasteiger partial charge >= 0.3 is 0 Å². The maximum absolute atomic E-state index is 3.67. The van der Waals surface area contributed by atoms with Gasteiger partial charge in [-0.05, 0) is 17.7 Å². The molecule has 0 atom stereocenters. The van der Waals surface area contributed by atoms with Gasteiger partial charge in [-0.15, -0.1) is 6.92 Å². The summed E-state index contributed by atoms with van der Waals surface area (Å²) in [5.74, 6) is 0. The van der Waals surface area contributed by atoms with Gasteiger partial charge in [-0.1, -0.05) is 34.5 Å². The lowest BCUT2D eigenvalue weighted by Crippen LogP contribution is -1.81. The second-order valence-electron chi connectivity index (χ2n) is 2.12. The summed E-state index contributed by atoms with van der Waals surface area (Å²) in [5, 5.41) is 0. The van der Waals surface area contributed by atoms with Crippen molar-refractivity contribution in [1.82, 2.24) is 0 Å². The molecule has 10 heavy (non-hydrogen) atoms. The van der Waals surface area contributed by atoms with Gasteiger partial charge in [0, 0.05) is 4.47 Å². The van der Waals surface area contributed by atoms with Crippen LogP contribution in [0.25, 0.3) is 0 Å². The molecule has 1 aromatic carbocycles. The van der Waals surface area contributed by atoms with Crippen molar-refractivity contribution in [3.8, 4) is 0 Å². The lowest BCUT2D eigenvalue weighted by molar-refractivity contribution is 1.19. The zero-order valence-electron chi connectivity index (χ0n) is 5.68. The van der Waals surface area contributed by atoms with E-state index in [0.29, 0.717) is 0 Å². The summed E-state index contributed by atoms with van der Waals surface area (Å²) in [6, 6.07) is 8.26. The predicted octanol–water partition coefficient (Wildman–Crippen LogP) is 3.03. The van der Waals surface area contributed by atoms with Crippen LogP contribution in [0.5, 0.6) is 0 Å². The maximum atomic E-state index is 3.67. The lowest BCUT2D eigenvalue weighted by atomic mass is 10.1. The van der Waals surface area contributed by atoms with E-state index in [1.54, 1.807) is 0 Å². The quantitative estimate of drug-likeness (QED) is 0.639. The van der Waals surface area contributed by atoms with Crippen LogP contribution in [0.4, 0.5) is 0 Å². The van der Waals surface area contributed by atoms with Crippen LogP contribution in [0.15, 0.2) is 28.7 Å². The Morgan fingerprint density at radius 3 is 2.40 bits per heavy atom. The van der Waals surface area contributed by atoms with Crippen molar-refractivity contribution in [2.45, 2.75) is 6.42 Å². The Hall–Kier alpha value is -0.430. The lowest BCUT2D eigenvalue weighted by Gasteiger charge is -1.93. The van der Waals surface area contributed by atoms with Crippen molar-refractivity contribution in [2.24, 2.45) is 0 Å². The maximum Gasteiger partial charge on any atom is 0.0820 e.